The number of rotatable bonds is 5. The zero-order valence-corrected chi connectivity index (χ0v) is 12.5. The first-order chi connectivity index (χ1) is 9.74. The molecule has 2 rings (SSSR count). The average molecular weight is 275 g/mol. The molecule has 1 aliphatic rings. The van der Waals surface area contributed by atoms with Gasteiger partial charge in [0.05, 0.1) is 5.56 Å². The topological polar surface area (TPSA) is 29.5 Å². The molecule has 2 atom stereocenters. The molecule has 1 aromatic rings. The van der Waals surface area contributed by atoms with Crippen molar-refractivity contribution in [3.05, 3.63) is 35.9 Å². The minimum absolute atomic E-state index is 0.0713. The summed E-state index contributed by atoms with van der Waals surface area (Å²) in [4.78, 5) is 14.6. The lowest BCUT2D eigenvalue weighted by Gasteiger charge is -2.36. The highest BCUT2D eigenvalue weighted by molar-refractivity contribution is 5.89. The van der Waals surface area contributed by atoms with E-state index in [2.05, 4.69) is 18.7 Å². The summed E-state index contributed by atoms with van der Waals surface area (Å²) in [5.41, 5.74) is 0.650. The Bertz CT molecular complexity index is 414. The van der Waals surface area contributed by atoms with E-state index in [4.69, 9.17) is 4.74 Å². The molecule has 0 bridgehead atoms. The molecular formula is C17H25NO2. The fourth-order valence-electron chi connectivity index (χ4n) is 3.09. The monoisotopic (exact) mass is 275 g/mol. The quantitative estimate of drug-likeness (QED) is 0.770. The molecule has 110 valence electrons. The molecule has 0 amide bonds. The zero-order chi connectivity index (χ0) is 14.4. The SMILES string of the molecule is CCN(CC)C1CCCC(OC(=O)c2ccccc2)C1. The van der Waals surface area contributed by atoms with Gasteiger partial charge in [0.2, 0.25) is 0 Å². The smallest absolute Gasteiger partial charge is 0.338 e. The van der Waals surface area contributed by atoms with Crippen molar-refractivity contribution in [3.8, 4) is 0 Å². The van der Waals surface area contributed by atoms with Crippen LogP contribution in [0.4, 0.5) is 0 Å². The van der Waals surface area contributed by atoms with Gasteiger partial charge in [-0.3, -0.25) is 0 Å². The second-order valence-electron chi connectivity index (χ2n) is 5.43. The van der Waals surface area contributed by atoms with Gasteiger partial charge in [0.1, 0.15) is 6.10 Å². The molecule has 1 aliphatic carbocycles. The van der Waals surface area contributed by atoms with E-state index in [0.29, 0.717) is 11.6 Å². The highest BCUT2D eigenvalue weighted by atomic mass is 16.5. The largest absolute Gasteiger partial charge is 0.459 e. The zero-order valence-electron chi connectivity index (χ0n) is 12.5. The predicted octanol–water partition coefficient (Wildman–Crippen LogP) is 3.50. The maximum atomic E-state index is 12.1. The van der Waals surface area contributed by atoms with Gasteiger partial charge in [0.15, 0.2) is 0 Å². The van der Waals surface area contributed by atoms with Crippen molar-refractivity contribution in [2.75, 3.05) is 13.1 Å². The molecule has 0 N–H and O–H groups in total. The van der Waals surface area contributed by atoms with Crippen LogP contribution in [0.2, 0.25) is 0 Å². The normalized spacial score (nSPS) is 22.8. The van der Waals surface area contributed by atoms with Gasteiger partial charge in [-0.15, -0.1) is 0 Å². The van der Waals surface area contributed by atoms with Crippen molar-refractivity contribution >= 4 is 5.97 Å². The number of benzene rings is 1. The van der Waals surface area contributed by atoms with Crippen LogP contribution in [0.5, 0.6) is 0 Å². The fraction of sp³-hybridized carbons (Fsp3) is 0.588. The average Bonchev–Trinajstić information content (AvgIpc) is 2.50. The van der Waals surface area contributed by atoms with Crippen LogP contribution in [0.15, 0.2) is 30.3 Å². The third-order valence-electron chi connectivity index (χ3n) is 4.21. The summed E-state index contributed by atoms with van der Waals surface area (Å²) in [6, 6.07) is 9.84. The van der Waals surface area contributed by atoms with Crippen LogP contribution < -0.4 is 0 Å². The van der Waals surface area contributed by atoms with Gasteiger partial charge in [-0.1, -0.05) is 32.0 Å². The van der Waals surface area contributed by atoms with Gasteiger partial charge < -0.3 is 9.64 Å². The Balaban J connectivity index is 1.91. The molecule has 1 saturated carbocycles. The maximum absolute atomic E-state index is 12.1. The summed E-state index contributed by atoms with van der Waals surface area (Å²) in [7, 11) is 0. The molecule has 0 radical (unpaired) electrons. The number of carbonyl (C=O) groups is 1. The van der Waals surface area contributed by atoms with E-state index in [-0.39, 0.29) is 12.1 Å². The number of hydrogen-bond acceptors (Lipinski definition) is 3. The molecule has 0 heterocycles. The van der Waals surface area contributed by atoms with Crippen LogP contribution in [-0.4, -0.2) is 36.1 Å². The summed E-state index contributed by atoms with van der Waals surface area (Å²) in [5, 5.41) is 0. The molecule has 2 unspecified atom stereocenters. The van der Waals surface area contributed by atoms with E-state index >= 15 is 0 Å². The summed E-state index contributed by atoms with van der Waals surface area (Å²) < 4.78 is 5.68. The highest BCUT2D eigenvalue weighted by Crippen LogP contribution is 2.25. The first-order valence-electron chi connectivity index (χ1n) is 7.74. The van der Waals surface area contributed by atoms with Crippen molar-refractivity contribution in [3.63, 3.8) is 0 Å². The molecule has 3 nitrogen and oxygen atoms in total. The third-order valence-corrected chi connectivity index (χ3v) is 4.21. The van der Waals surface area contributed by atoms with E-state index in [1.807, 2.05) is 30.3 Å². The minimum atomic E-state index is -0.184. The number of esters is 1. The Hall–Kier alpha value is -1.35. The van der Waals surface area contributed by atoms with Gasteiger partial charge in [0.25, 0.3) is 0 Å². The molecular weight excluding hydrogens is 250 g/mol. The Morgan fingerprint density at radius 1 is 1.20 bits per heavy atom. The second kappa shape index (κ2) is 7.44. The molecule has 1 fully saturated rings. The highest BCUT2D eigenvalue weighted by Gasteiger charge is 2.27. The Labute approximate surface area is 121 Å². The van der Waals surface area contributed by atoms with Crippen molar-refractivity contribution in [2.45, 2.75) is 51.7 Å². The van der Waals surface area contributed by atoms with Gasteiger partial charge in [0, 0.05) is 6.04 Å². The lowest BCUT2D eigenvalue weighted by Crippen LogP contribution is -2.41. The Morgan fingerprint density at radius 2 is 1.90 bits per heavy atom. The van der Waals surface area contributed by atoms with Crippen LogP contribution in [0.3, 0.4) is 0 Å². The van der Waals surface area contributed by atoms with Crippen LogP contribution in [0.25, 0.3) is 0 Å². The van der Waals surface area contributed by atoms with E-state index in [0.717, 1.165) is 32.4 Å². The molecule has 1 aromatic carbocycles. The van der Waals surface area contributed by atoms with E-state index in [1.165, 1.54) is 6.42 Å². The lowest BCUT2D eigenvalue weighted by atomic mass is 9.91. The van der Waals surface area contributed by atoms with Crippen molar-refractivity contribution < 1.29 is 9.53 Å². The standard InChI is InChI=1S/C17H25NO2/c1-3-18(4-2)15-11-8-12-16(13-15)20-17(19)14-9-6-5-7-10-14/h5-7,9-10,15-16H,3-4,8,11-13H2,1-2H3. The summed E-state index contributed by atoms with van der Waals surface area (Å²) in [5.74, 6) is -0.184. The van der Waals surface area contributed by atoms with Gasteiger partial charge in [-0.05, 0) is 50.9 Å². The van der Waals surface area contributed by atoms with Crippen molar-refractivity contribution in [2.24, 2.45) is 0 Å². The predicted molar refractivity (Wildman–Crippen MR) is 80.8 cm³/mol. The number of nitrogens with zero attached hydrogens (tertiary/aromatic N) is 1. The molecule has 0 aliphatic heterocycles. The summed E-state index contributed by atoms with van der Waals surface area (Å²) in [6.45, 7) is 6.53. The van der Waals surface area contributed by atoms with Crippen LogP contribution in [0, 0.1) is 0 Å². The number of carbonyl (C=O) groups excluding carboxylic acids is 1. The molecule has 20 heavy (non-hydrogen) atoms. The van der Waals surface area contributed by atoms with Crippen molar-refractivity contribution in [1.82, 2.24) is 4.90 Å². The first kappa shape index (κ1) is 15.0. The van der Waals surface area contributed by atoms with Crippen LogP contribution >= 0.6 is 0 Å². The second-order valence-corrected chi connectivity index (χ2v) is 5.43. The van der Waals surface area contributed by atoms with Gasteiger partial charge >= 0.3 is 5.97 Å². The first-order valence-corrected chi connectivity index (χ1v) is 7.74. The van der Waals surface area contributed by atoms with E-state index in [1.54, 1.807) is 0 Å². The Morgan fingerprint density at radius 3 is 2.55 bits per heavy atom. The fourth-order valence-corrected chi connectivity index (χ4v) is 3.09. The van der Waals surface area contributed by atoms with Crippen LogP contribution in [0.1, 0.15) is 49.9 Å². The summed E-state index contributed by atoms with van der Waals surface area (Å²) >= 11 is 0. The number of hydrogen-bond donors (Lipinski definition) is 0. The molecule has 3 heteroatoms. The lowest BCUT2D eigenvalue weighted by molar-refractivity contribution is 0.00716. The van der Waals surface area contributed by atoms with Crippen molar-refractivity contribution in [1.29, 1.82) is 0 Å². The van der Waals surface area contributed by atoms with Gasteiger partial charge in [-0.2, -0.15) is 0 Å². The maximum Gasteiger partial charge on any atom is 0.338 e. The molecule has 0 spiro atoms. The van der Waals surface area contributed by atoms with Gasteiger partial charge in [-0.25, -0.2) is 4.79 Å². The van der Waals surface area contributed by atoms with E-state index in [9.17, 15) is 4.79 Å². The minimum Gasteiger partial charge on any atom is -0.459 e. The Kier molecular flexibility index (Phi) is 5.60. The van der Waals surface area contributed by atoms with E-state index < -0.39 is 0 Å². The molecule has 0 saturated heterocycles. The number of ether oxygens (including phenoxy) is 1. The molecule has 0 aromatic heterocycles. The third kappa shape index (κ3) is 3.83. The van der Waals surface area contributed by atoms with Crippen LogP contribution in [-0.2, 0) is 4.74 Å². The summed E-state index contributed by atoms with van der Waals surface area (Å²) in [6.07, 6.45) is 4.41.